The summed E-state index contributed by atoms with van der Waals surface area (Å²) in [6.07, 6.45) is 0. The van der Waals surface area contributed by atoms with Gasteiger partial charge in [0.05, 0.1) is 25.3 Å². The Balaban J connectivity index is 2.01. The van der Waals surface area contributed by atoms with Crippen molar-refractivity contribution < 1.29 is 9.47 Å². The molecule has 2 aromatic carbocycles. The minimum atomic E-state index is 0.795. The van der Waals surface area contributed by atoms with Gasteiger partial charge in [0.25, 0.3) is 0 Å². The van der Waals surface area contributed by atoms with Crippen molar-refractivity contribution in [1.82, 2.24) is 14.9 Å². The largest absolute Gasteiger partial charge is 0.497 e. The van der Waals surface area contributed by atoms with Crippen LogP contribution in [0.15, 0.2) is 36.4 Å². The van der Waals surface area contributed by atoms with Gasteiger partial charge >= 0.3 is 0 Å². The molecule has 0 atom stereocenters. The first-order valence-electron chi connectivity index (χ1n) is 9.66. The Labute approximate surface area is 170 Å². The van der Waals surface area contributed by atoms with Gasteiger partial charge in [0.15, 0.2) is 0 Å². The lowest BCUT2D eigenvalue weighted by atomic mass is 10.0. The van der Waals surface area contributed by atoms with Gasteiger partial charge in [0, 0.05) is 40.3 Å². The smallest absolute Gasteiger partial charge is 0.134 e. The number of ether oxygens (including phenoxy) is 2. The molecule has 0 unspecified atom stereocenters. The predicted molar refractivity (Wildman–Crippen MR) is 119 cm³/mol. The molecule has 0 aliphatic carbocycles. The fourth-order valence-electron chi connectivity index (χ4n) is 3.62. The summed E-state index contributed by atoms with van der Waals surface area (Å²) in [4.78, 5) is 12.1. The molecular formula is C23H26N4O2. The van der Waals surface area contributed by atoms with E-state index >= 15 is 0 Å². The van der Waals surface area contributed by atoms with Crippen molar-refractivity contribution in [3.8, 4) is 11.5 Å². The predicted octanol–water partition coefficient (Wildman–Crippen LogP) is 4.24. The zero-order valence-electron chi connectivity index (χ0n) is 17.5. The molecule has 0 saturated carbocycles. The summed E-state index contributed by atoms with van der Waals surface area (Å²) >= 11 is 0. The summed E-state index contributed by atoms with van der Waals surface area (Å²) in [5.74, 6) is 2.46. The summed E-state index contributed by atoms with van der Waals surface area (Å²) in [5, 5.41) is 7.70. The van der Waals surface area contributed by atoms with Crippen LogP contribution < -0.4 is 14.8 Å². The monoisotopic (exact) mass is 390 g/mol. The number of benzene rings is 2. The van der Waals surface area contributed by atoms with Crippen LogP contribution in [0.25, 0.3) is 32.6 Å². The van der Waals surface area contributed by atoms with Crippen molar-refractivity contribution in [2.75, 3.05) is 46.7 Å². The fraction of sp³-hybridized carbons (Fsp3) is 0.304. The van der Waals surface area contributed by atoms with Crippen LogP contribution in [0.5, 0.6) is 11.5 Å². The Bertz CT molecular complexity index is 1200. The summed E-state index contributed by atoms with van der Waals surface area (Å²) in [5.41, 5.74) is 2.74. The lowest BCUT2D eigenvalue weighted by molar-refractivity contribution is 0.415. The van der Waals surface area contributed by atoms with E-state index < -0.39 is 0 Å². The summed E-state index contributed by atoms with van der Waals surface area (Å²) < 4.78 is 10.9. The van der Waals surface area contributed by atoms with Crippen LogP contribution in [0.1, 0.15) is 5.69 Å². The number of methoxy groups -OCH3 is 2. The molecule has 2 aromatic heterocycles. The molecule has 150 valence electrons. The van der Waals surface area contributed by atoms with E-state index in [-0.39, 0.29) is 0 Å². The molecule has 0 bridgehead atoms. The summed E-state index contributed by atoms with van der Waals surface area (Å²) in [6.45, 7) is 3.73. The summed E-state index contributed by atoms with van der Waals surface area (Å²) in [7, 11) is 7.48. The maximum atomic E-state index is 5.45. The molecule has 0 aliphatic rings. The van der Waals surface area contributed by atoms with E-state index in [1.807, 2.05) is 31.2 Å². The van der Waals surface area contributed by atoms with Crippen molar-refractivity contribution >= 4 is 38.4 Å². The van der Waals surface area contributed by atoms with Crippen LogP contribution in [0.4, 0.5) is 5.82 Å². The lowest BCUT2D eigenvalue weighted by Gasteiger charge is -2.16. The Hall–Kier alpha value is -3.12. The minimum absolute atomic E-state index is 0.795. The molecular weight excluding hydrogens is 364 g/mol. The average molecular weight is 390 g/mol. The highest BCUT2D eigenvalue weighted by Gasteiger charge is 2.15. The third-order valence-electron chi connectivity index (χ3n) is 5.19. The lowest BCUT2D eigenvalue weighted by Crippen LogP contribution is -2.21. The molecule has 6 nitrogen and oxygen atoms in total. The maximum Gasteiger partial charge on any atom is 0.134 e. The van der Waals surface area contributed by atoms with Gasteiger partial charge in [0.1, 0.15) is 17.3 Å². The molecule has 0 aliphatic heterocycles. The quantitative estimate of drug-likeness (QED) is 0.497. The first kappa shape index (κ1) is 19.2. The highest BCUT2D eigenvalue weighted by Crippen LogP contribution is 2.36. The fourth-order valence-corrected chi connectivity index (χ4v) is 3.62. The first-order chi connectivity index (χ1) is 14.0. The zero-order chi connectivity index (χ0) is 20.5. The highest BCUT2D eigenvalue weighted by molar-refractivity contribution is 6.16. The van der Waals surface area contributed by atoms with Gasteiger partial charge in [-0.1, -0.05) is 0 Å². The van der Waals surface area contributed by atoms with Gasteiger partial charge in [-0.2, -0.15) is 0 Å². The molecule has 1 N–H and O–H groups in total. The molecule has 0 fully saturated rings. The van der Waals surface area contributed by atoms with E-state index in [4.69, 9.17) is 19.4 Å². The number of anilines is 1. The van der Waals surface area contributed by atoms with E-state index in [1.54, 1.807) is 14.2 Å². The molecule has 0 saturated heterocycles. The molecule has 4 aromatic rings. The number of aryl methyl sites for hydroxylation is 1. The number of likely N-dealkylation sites (N-methyl/N-ethyl adjacent to an activating group) is 1. The summed E-state index contributed by atoms with van der Waals surface area (Å²) in [6, 6.07) is 12.1. The van der Waals surface area contributed by atoms with E-state index in [2.05, 4.69) is 36.4 Å². The number of hydrogen-bond donors (Lipinski definition) is 1. The van der Waals surface area contributed by atoms with Gasteiger partial charge < -0.3 is 19.7 Å². The first-order valence-corrected chi connectivity index (χ1v) is 9.66. The number of nitrogens with one attached hydrogen (secondary N) is 1. The van der Waals surface area contributed by atoms with Crippen LogP contribution in [-0.2, 0) is 0 Å². The second-order valence-electron chi connectivity index (χ2n) is 7.41. The Morgan fingerprint density at radius 3 is 2.03 bits per heavy atom. The van der Waals surface area contributed by atoms with Crippen molar-refractivity contribution in [1.29, 1.82) is 0 Å². The molecule has 4 rings (SSSR count). The van der Waals surface area contributed by atoms with Crippen LogP contribution in [0.3, 0.4) is 0 Å². The molecule has 2 heterocycles. The van der Waals surface area contributed by atoms with Gasteiger partial charge in [0.2, 0.25) is 0 Å². The zero-order valence-corrected chi connectivity index (χ0v) is 17.5. The minimum Gasteiger partial charge on any atom is -0.497 e. The number of hydrogen-bond acceptors (Lipinski definition) is 6. The normalized spacial score (nSPS) is 11.5. The standard InChI is InChI=1S/C23H26N4O2/c1-14-19-12-15(28-4)6-8-17(19)22-21(25-14)18-9-7-16(29-5)13-20(18)23(26-22)24-10-11-27(2)3/h6-9,12-13H,10-11H2,1-5H3,(H,24,26). The van der Waals surface area contributed by atoms with Crippen LogP contribution in [0, 0.1) is 6.92 Å². The molecule has 6 heteroatoms. The maximum absolute atomic E-state index is 5.45. The van der Waals surface area contributed by atoms with E-state index in [0.29, 0.717) is 0 Å². The van der Waals surface area contributed by atoms with E-state index in [1.165, 1.54) is 0 Å². The third-order valence-corrected chi connectivity index (χ3v) is 5.19. The molecule has 0 radical (unpaired) electrons. The van der Waals surface area contributed by atoms with Crippen molar-refractivity contribution in [2.24, 2.45) is 0 Å². The SMILES string of the molecule is COc1ccc2c(c1)c(C)nc1c3ccc(OC)cc3c(NCCN(C)C)nc21. The number of fused-ring (bicyclic) bond motifs is 5. The molecule has 0 amide bonds. The van der Waals surface area contributed by atoms with Gasteiger partial charge in [-0.05, 0) is 57.4 Å². The highest BCUT2D eigenvalue weighted by atomic mass is 16.5. The van der Waals surface area contributed by atoms with Gasteiger partial charge in [-0.15, -0.1) is 0 Å². The second-order valence-corrected chi connectivity index (χ2v) is 7.41. The van der Waals surface area contributed by atoms with Crippen LogP contribution in [0.2, 0.25) is 0 Å². The van der Waals surface area contributed by atoms with Gasteiger partial charge in [-0.3, -0.25) is 4.98 Å². The van der Waals surface area contributed by atoms with Crippen molar-refractivity contribution in [3.63, 3.8) is 0 Å². The molecule has 29 heavy (non-hydrogen) atoms. The Kier molecular flexibility index (Phi) is 5.11. The number of aromatic nitrogens is 2. The second kappa shape index (κ2) is 7.72. The third kappa shape index (κ3) is 3.51. The topological polar surface area (TPSA) is 59.5 Å². The van der Waals surface area contributed by atoms with Gasteiger partial charge in [-0.25, -0.2) is 4.98 Å². The Morgan fingerprint density at radius 2 is 1.41 bits per heavy atom. The van der Waals surface area contributed by atoms with Crippen LogP contribution >= 0.6 is 0 Å². The Morgan fingerprint density at radius 1 is 0.828 bits per heavy atom. The average Bonchev–Trinajstić information content (AvgIpc) is 2.73. The number of rotatable bonds is 6. The van der Waals surface area contributed by atoms with Crippen LogP contribution in [-0.4, -0.2) is 56.3 Å². The van der Waals surface area contributed by atoms with Crippen molar-refractivity contribution in [2.45, 2.75) is 6.92 Å². The van der Waals surface area contributed by atoms with E-state index in [9.17, 15) is 0 Å². The number of nitrogens with zero attached hydrogens (tertiary/aromatic N) is 3. The van der Waals surface area contributed by atoms with E-state index in [0.717, 1.165) is 68.7 Å². The number of pyridine rings is 2. The van der Waals surface area contributed by atoms with Crippen molar-refractivity contribution in [3.05, 3.63) is 42.1 Å². The molecule has 0 spiro atoms.